The summed E-state index contributed by atoms with van der Waals surface area (Å²) in [5, 5.41) is 13.0. The van der Waals surface area contributed by atoms with Gasteiger partial charge in [0.05, 0.1) is 12.1 Å². The summed E-state index contributed by atoms with van der Waals surface area (Å²) in [4.78, 5) is 12.6. The number of fused-ring (bicyclic) bond motifs is 2. The number of carbonyl (C=O) groups is 1. The van der Waals surface area contributed by atoms with Crippen LogP contribution in [0.25, 0.3) is 0 Å². The SMILES string of the molecule is CC1(C)Cc2cccc(OCC(=O)N[C@@]3(CO)CCc4ccccc43)c2O1. The first-order chi connectivity index (χ1) is 12.9. The molecule has 5 heteroatoms. The molecule has 1 aliphatic heterocycles. The topological polar surface area (TPSA) is 67.8 Å². The number of benzene rings is 2. The molecule has 2 aromatic rings. The van der Waals surface area contributed by atoms with E-state index in [1.54, 1.807) is 0 Å². The number of hydrogen-bond acceptors (Lipinski definition) is 4. The lowest BCUT2D eigenvalue weighted by Crippen LogP contribution is -2.48. The van der Waals surface area contributed by atoms with E-state index in [9.17, 15) is 9.90 Å². The Morgan fingerprint density at radius 3 is 2.78 bits per heavy atom. The molecule has 1 aliphatic carbocycles. The highest BCUT2D eigenvalue weighted by Crippen LogP contribution is 2.42. The van der Waals surface area contributed by atoms with Crippen molar-refractivity contribution in [3.8, 4) is 11.5 Å². The number of amides is 1. The highest BCUT2D eigenvalue weighted by Gasteiger charge is 2.39. The fourth-order valence-electron chi connectivity index (χ4n) is 4.17. The Balaban J connectivity index is 1.45. The second-order valence-corrected chi connectivity index (χ2v) is 8.02. The average Bonchev–Trinajstić information content (AvgIpc) is 3.17. The molecule has 2 aliphatic rings. The standard InChI is InChI=1S/C22H25NO4/c1-21(2)12-16-7-5-9-18(20(16)27-21)26-13-19(25)23-22(14-24)11-10-15-6-3-4-8-17(15)22/h3-9,24H,10-14H2,1-2H3,(H,23,25)/t22-/m1/s1. The van der Waals surface area contributed by atoms with Crippen LogP contribution < -0.4 is 14.8 Å². The fourth-order valence-corrected chi connectivity index (χ4v) is 4.17. The van der Waals surface area contributed by atoms with Crippen LogP contribution in [0.1, 0.15) is 37.0 Å². The summed E-state index contributed by atoms with van der Waals surface area (Å²) in [6.45, 7) is 3.82. The zero-order chi connectivity index (χ0) is 19.1. The van der Waals surface area contributed by atoms with Crippen LogP contribution in [-0.2, 0) is 23.2 Å². The third-order valence-corrected chi connectivity index (χ3v) is 5.42. The summed E-state index contributed by atoms with van der Waals surface area (Å²) in [5.41, 5.74) is 2.26. The van der Waals surface area contributed by atoms with Crippen molar-refractivity contribution < 1.29 is 19.4 Å². The number of ether oxygens (including phenoxy) is 2. The van der Waals surface area contributed by atoms with E-state index >= 15 is 0 Å². The van der Waals surface area contributed by atoms with E-state index in [0.29, 0.717) is 12.2 Å². The van der Waals surface area contributed by atoms with E-state index in [4.69, 9.17) is 9.47 Å². The molecule has 0 radical (unpaired) electrons. The van der Waals surface area contributed by atoms with Crippen LogP contribution in [-0.4, -0.2) is 29.8 Å². The van der Waals surface area contributed by atoms with E-state index in [1.165, 1.54) is 5.56 Å². The lowest BCUT2D eigenvalue weighted by molar-refractivity contribution is -0.125. The number of rotatable bonds is 5. The molecule has 0 saturated carbocycles. The molecule has 0 aromatic heterocycles. The normalized spacial score (nSPS) is 21.9. The van der Waals surface area contributed by atoms with Gasteiger partial charge in [0.2, 0.25) is 0 Å². The fraction of sp³-hybridized carbons (Fsp3) is 0.409. The van der Waals surface area contributed by atoms with Gasteiger partial charge in [-0.25, -0.2) is 0 Å². The first-order valence-electron chi connectivity index (χ1n) is 9.36. The van der Waals surface area contributed by atoms with Gasteiger partial charge in [0.1, 0.15) is 5.60 Å². The maximum atomic E-state index is 12.6. The average molecular weight is 367 g/mol. The van der Waals surface area contributed by atoms with Crippen LogP contribution in [0.4, 0.5) is 0 Å². The number of nitrogens with one attached hydrogen (secondary N) is 1. The van der Waals surface area contributed by atoms with Crippen molar-refractivity contribution in [3.05, 3.63) is 59.2 Å². The Kier molecular flexibility index (Phi) is 4.35. The van der Waals surface area contributed by atoms with Crippen molar-refractivity contribution in [1.29, 1.82) is 0 Å². The largest absolute Gasteiger partial charge is 0.483 e. The molecule has 0 spiro atoms. The van der Waals surface area contributed by atoms with Gasteiger partial charge in [-0.15, -0.1) is 0 Å². The molecule has 0 bridgehead atoms. The van der Waals surface area contributed by atoms with Crippen molar-refractivity contribution in [2.45, 2.75) is 44.2 Å². The summed E-state index contributed by atoms with van der Waals surface area (Å²) in [6, 6.07) is 13.7. The Labute approximate surface area is 159 Å². The summed E-state index contributed by atoms with van der Waals surface area (Å²) >= 11 is 0. The Morgan fingerprint density at radius 2 is 1.96 bits per heavy atom. The highest BCUT2D eigenvalue weighted by molar-refractivity contribution is 5.79. The summed E-state index contributed by atoms with van der Waals surface area (Å²) < 4.78 is 11.8. The van der Waals surface area contributed by atoms with Crippen LogP contribution in [0.3, 0.4) is 0 Å². The second kappa shape index (κ2) is 6.57. The van der Waals surface area contributed by atoms with E-state index in [2.05, 4.69) is 5.32 Å². The maximum absolute atomic E-state index is 12.6. The van der Waals surface area contributed by atoms with E-state index < -0.39 is 5.54 Å². The summed E-state index contributed by atoms with van der Waals surface area (Å²) in [5.74, 6) is 1.05. The highest BCUT2D eigenvalue weighted by atomic mass is 16.5. The van der Waals surface area contributed by atoms with Gasteiger partial charge < -0.3 is 19.9 Å². The van der Waals surface area contributed by atoms with Crippen molar-refractivity contribution in [3.63, 3.8) is 0 Å². The predicted octanol–water partition coefficient (Wildman–Crippen LogP) is 2.73. The van der Waals surface area contributed by atoms with E-state index in [1.807, 2.05) is 56.3 Å². The van der Waals surface area contributed by atoms with Gasteiger partial charge in [-0.1, -0.05) is 36.4 Å². The van der Waals surface area contributed by atoms with Gasteiger partial charge in [0.25, 0.3) is 5.91 Å². The molecular formula is C22H25NO4. The van der Waals surface area contributed by atoms with Gasteiger partial charge in [0.15, 0.2) is 18.1 Å². The van der Waals surface area contributed by atoms with Gasteiger partial charge in [-0.05, 0) is 43.9 Å². The molecule has 1 amide bonds. The summed E-state index contributed by atoms with van der Waals surface area (Å²) in [6.07, 6.45) is 2.34. The smallest absolute Gasteiger partial charge is 0.258 e. The quantitative estimate of drug-likeness (QED) is 0.853. The monoisotopic (exact) mass is 367 g/mol. The molecule has 142 valence electrons. The molecule has 1 heterocycles. The molecule has 5 nitrogen and oxygen atoms in total. The molecule has 27 heavy (non-hydrogen) atoms. The molecule has 4 rings (SSSR count). The number of aliphatic hydroxyl groups is 1. The van der Waals surface area contributed by atoms with E-state index in [0.717, 1.165) is 29.7 Å². The minimum atomic E-state index is -0.728. The number of aliphatic hydroxyl groups excluding tert-OH is 1. The van der Waals surface area contributed by atoms with Crippen LogP contribution in [0.15, 0.2) is 42.5 Å². The Morgan fingerprint density at radius 1 is 1.19 bits per heavy atom. The third kappa shape index (κ3) is 3.28. The van der Waals surface area contributed by atoms with Gasteiger partial charge in [-0.2, -0.15) is 0 Å². The van der Waals surface area contributed by atoms with Crippen molar-refractivity contribution in [2.24, 2.45) is 0 Å². The lowest BCUT2D eigenvalue weighted by atomic mass is 9.92. The van der Waals surface area contributed by atoms with Gasteiger partial charge in [0, 0.05) is 12.0 Å². The van der Waals surface area contributed by atoms with Crippen LogP contribution >= 0.6 is 0 Å². The maximum Gasteiger partial charge on any atom is 0.258 e. The van der Waals surface area contributed by atoms with Crippen molar-refractivity contribution >= 4 is 5.91 Å². The Bertz CT molecular complexity index is 876. The van der Waals surface area contributed by atoms with Crippen LogP contribution in [0.5, 0.6) is 11.5 Å². The predicted molar refractivity (Wildman–Crippen MR) is 102 cm³/mol. The van der Waals surface area contributed by atoms with Gasteiger partial charge >= 0.3 is 0 Å². The minimum absolute atomic E-state index is 0.121. The van der Waals surface area contributed by atoms with Gasteiger partial charge in [-0.3, -0.25) is 4.79 Å². The molecule has 0 saturated heterocycles. The molecule has 2 aromatic carbocycles. The zero-order valence-corrected chi connectivity index (χ0v) is 15.7. The molecule has 2 N–H and O–H groups in total. The lowest BCUT2D eigenvalue weighted by Gasteiger charge is -2.29. The third-order valence-electron chi connectivity index (χ3n) is 5.42. The molecule has 0 fully saturated rings. The second-order valence-electron chi connectivity index (χ2n) is 8.02. The van der Waals surface area contributed by atoms with Crippen LogP contribution in [0.2, 0.25) is 0 Å². The number of para-hydroxylation sites is 1. The zero-order valence-electron chi connectivity index (χ0n) is 15.7. The Hall–Kier alpha value is -2.53. The number of hydrogen-bond donors (Lipinski definition) is 2. The number of aryl methyl sites for hydroxylation is 1. The summed E-state index contributed by atoms with van der Waals surface area (Å²) in [7, 11) is 0. The first kappa shape index (κ1) is 17.9. The first-order valence-corrected chi connectivity index (χ1v) is 9.36. The minimum Gasteiger partial charge on any atom is -0.483 e. The van der Waals surface area contributed by atoms with Crippen molar-refractivity contribution in [1.82, 2.24) is 5.32 Å². The number of carbonyl (C=O) groups excluding carboxylic acids is 1. The van der Waals surface area contributed by atoms with Crippen molar-refractivity contribution in [2.75, 3.05) is 13.2 Å². The van der Waals surface area contributed by atoms with Crippen LogP contribution in [0, 0.1) is 0 Å². The molecular weight excluding hydrogens is 342 g/mol. The molecule has 1 atom stereocenters. The molecule has 0 unspecified atom stereocenters. The van der Waals surface area contributed by atoms with E-state index in [-0.39, 0.29) is 24.7 Å².